The fraction of sp³-hybridized carbons (Fsp3) is 0.286. The number of halogens is 5. The maximum absolute atomic E-state index is 13.7. The number of pyridine rings is 2. The minimum absolute atomic E-state index is 0. The van der Waals surface area contributed by atoms with E-state index in [0.29, 0.717) is 26.3 Å². The predicted octanol–water partition coefficient (Wildman–Crippen LogP) is -1.24. The summed E-state index contributed by atoms with van der Waals surface area (Å²) in [6, 6.07) is 3.22. The molecule has 0 amide bonds. The second-order valence-electron chi connectivity index (χ2n) is 4.73. The third-order valence-corrected chi connectivity index (χ3v) is 3.42. The number of morpholine rings is 1. The monoisotopic (exact) mass is 333 g/mol. The molecule has 0 unspecified atom stereocenters. The standard InChI is InChI=1S/C14H12F4N3O.FH/c15-10-12(11(16)14(18)19-13(10)17)21-3-1-9(2-4-21)20-5-7-22-8-6-20;/h1-4H,5-8H2;1H/q+1;/p-1. The van der Waals surface area contributed by atoms with Crippen molar-refractivity contribution in [3.05, 3.63) is 48.1 Å². The smallest absolute Gasteiger partial charge is 0.292 e. The van der Waals surface area contributed by atoms with E-state index in [2.05, 4.69) is 4.98 Å². The largest absolute Gasteiger partial charge is 1.00 e. The zero-order valence-corrected chi connectivity index (χ0v) is 11.8. The van der Waals surface area contributed by atoms with Crippen molar-refractivity contribution in [2.75, 3.05) is 31.2 Å². The molecule has 3 rings (SSSR count). The van der Waals surface area contributed by atoms with E-state index in [-0.39, 0.29) is 4.70 Å². The van der Waals surface area contributed by atoms with E-state index in [4.69, 9.17) is 4.74 Å². The molecule has 0 N–H and O–H groups in total. The Hall–Kier alpha value is -2.29. The van der Waals surface area contributed by atoms with Gasteiger partial charge < -0.3 is 14.3 Å². The lowest BCUT2D eigenvalue weighted by Crippen LogP contribution is -3.00. The van der Waals surface area contributed by atoms with Gasteiger partial charge in [0.25, 0.3) is 29.2 Å². The van der Waals surface area contributed by atoms with Crippen molar-refractivity contribution < 1.29 is 31.6 Å². The van der Waals surface area contributed by atoms with Crippen molar-refractivity contribution in [2.24, 2.45) is 0 Å². The molecule has 2 aromatic rings. The van der Waals surface area contributed by atoms with Gasteiger partial charge in [-0.3, -0.25) is 0 Å². The van der Waals surface area contributed by atoms with Crippen LogP contribution in [0.2, 0.25) is 0 Å². The summed E-state index contributed by atoms with van der Waals surface area (Å²) < 4.78 is 59.9. The van der Waals surface area contributed by atoms with Crippen molar-refractivity contribution in [2.45, 2.75) is 0 Å². The van der Waals surface area contributed by atoms with Gasteiger partial charge in [-0.05, 0) is 0 Å². The average molecular weight is 333 g/mol. The van der Waals surface area contributed by atoms with Gasteiger partial charge in [0.1, 0.15) is 0 Å². The molecular formula is C14H12F5N3O. The molecule has 1 fully saturated rings. The third kappa shape index (κ3) is 3.24. The zero-order chi connectivity index (χ0) is 15.7. The molecule has 0 atom stereocenters. The van der Waals surface area contributed by atoms with Gasteiger partial charge in [0, 0.05) is 30.9 Å². The van der Waals surface area contributed by atoms with Gasteiger partial charge in [0.05, 0.1) is 13.2 Å². The predicted molar refractivity (Wildman–Crippen MR) is 68.6 cm³/mol. The molecule has 1 saturated heterocycles. The Balaban J connectivity index is 0.00000192. The van der Waals surface area contributed by atoms with Crippen LogP contribution in [0.1, 0.15) is 0 Å². The first kappa shape index (κ1) is 17.1. The van der Waals surface area contributed by atoms with Crippen LogP contribution >= 0.6 is 0 Å². The Labute approximate surface area is 128 Å². The van der Waals surface area contributed by atoms with Crippen LogP contribution in [0.25, 0.3) is 5.69 Å². The van der Waals surface area contributed by atoms with Crippen LogP contribution in [0, 0.1) is 23.5 Å². The normalized spacial score (nSPS) is 14.5. The molecule has 9 heteroatoms. The summed E-state index contributed by atoms with van der Waals surface area (Å²) in [5.41, 5.74) is -0.00565. The maximum Gasteiger partial charge on any atom is 0.292 e. The summed E-state index contributed by atoms with van der Waals surface area (Å²) in [6.45, 7) is 2.59. The van der Waals surface area contributed by atoms with E-state index in [0.717, 1.165) is 10.3 Å². The molecule has 1 aliphatic rings. The molecule has 0 radical (unpaired) electrons. The number of rotatable bonds is 2. The Morgan fingerprint density at radius 1 is 0.957 bits per heavy atom. The SMILES string of the molecule is Fc1nc(F)c(F)c(-[n+]2ccc(N3CCOCC3)cc2)c1F.[F-]. The van der Waals surface area contributed by atoms with Crippen molar-refractivity contribution in [3.8, 4) is 5.69 Å². The van der Waals surface area contributed by atoms with Crippen molar-refractivity contribution in [3.63, 3.8) is 0 Å². The number of anilines is 1. The molecular weight excluding hydrogens is 321 g/mol. The molecule has 3 heterocycles. The van der Waals surface area contributed by atoms with Crippen molar-refractivity contribution in [1.82, 2.24) is 4.98 Å². The Kier molecular flexibility index (Phi) is 5.09. The zero-order valence-electron chi connectivity index (χ0n) is 11.8. The van der Waals surface area contributed by atoms with Gasteiger partial charge in [-0.25, -0.2) is 0 Å². The van der Waals surface area contributed by atoms with E-state index in [1.54, 1.807) is 12.1 Å². The van der Waals surface area contributed by atoms with Gasteiger partial charge in [-0.1, -0.05) is 0 Å². The third-order valence-electron chi connectivity index (χ3n) is 3.42. The number of nitrogens with zero attached hydrogens (tertiary/aromatic N) is 3. The van der Waals surface area contributed by atoms with Crippen LogP contribution in [0.5, 0.6) is 0 Å². The van der Waals surface area contributed by atoms with E-state index in [9.17, 15) is 17.6 Å². The highest BCUT2D eigenvalue weighted by Crippen LogP contribution is 2.18. The number of hydrogen-bond donors (Lipinski definition) is 0. The van der Waals surface area contributed by atoms with Crippen LogP contribution < -0.4 is 14.2 Å². The molecule has 124 valence electrons. The molecule has 4 nitrogen and oxygen atoms in total. The van der Waals surface area contributed by atoms with E-state index in [1.165, 1.54) is 12.4 Å². The van der Waals surface area contributed by atoms with Gasteiger partial charge in [0.2, 0.25) is 0 Å². The summed E-state index contributed by atoms with van der Waals surface area (Å²) in [5, 5.41) is 0. The van der Waals surface area contributed by atoms with Gasteiger partial charge in [-0.15, -0.1) is 0 Å². The summed E-state index contributed by atoms with van der Waals surface area (Å²) in [7, 11) is 0. The second kappa shape index (κ2) is 6.86. The molecule has 0 bridgehead atoms. The molecule has 0 aromatic carbocycles. The second-order valence-corrected chi connectivity index (χ2v) is 4.73. The highest BCUT2D eigenvalue weighted by Gasteiger charge is 2.28. The first-order chi connectivity index (χ1) is 10.6. The fourth-order valence-electron chi connectivity index (χ4n) is 2.30. The van der Waals surface area contributed by atoms with Crippen LogP contribution in [0.15, 0.2) is 24.5 Å². The Morgan fingerprint density at radius 3 is 2.00 bits per heavy atom. The molecule has 0 aliphatic carbocycles. The Morgan fingerprint density at radius 2 is 1.48 bits per heavy atom. The highest BCUT2D eigenvalue weighted by molar-refractivity contribution is 5.44. The number of ether oxygens (including phenoxy) is 1. The number of hydrogen-bond acceptors (Lipinski definition) is 3. The van der Waals surface area contributed by atoms with E-state index in [1.807, 2.05) is 4.90 Å². The van der Waals surface area contributed by atoms with Gasteiger partial charge >= 0.3 is 0 Å². The van der Waals surface area contributed by atoms with Crippen molar-refractivity contribution in [1.29, 1.82) is 0 Å². The molecule has 0 saturated carbocycles. The lowest BCUT2D eigenvalue weighted by molar-refractivity contribution is -0.600. The molecule has 1 aliphatic heterocycles. The van der Waals surface area contributed by atoms with Crippen LogP contribution in [0.4, 0.5) is 23.2 Å². The Bertz CT molecular complexity index is 664. The van der Waals surface area contributed by atoms with Gasteiger partial charge in [-0.2, -0.15) is 27.1 Å². The van der Waals surface area contributed by atoms with Crippen LogP contribution in [0.3, 0.4) is 0 Å². The summed E-state index contributed by atoms with van der Waals surface area (Å²) >= 11 is 0. The molecule has 2 aromatic heterocycles. The maximum atomic E-state index is 13.7. The minimum atomic E-state index is -1.68. The molecule has 23 heavy (non-hydrogen) atoms. The van der Waals surface area contributed by atoms with Gasteiger partial charge in [0.15, 0.2) is 12.4 Å². The average Bonchev–Trinajstić information content (AvgIpc) is 2.55. The van der Waals surface area contributed by atoms with E-state index >= 15 is 0 Å². The fourth-order valence-corrected chi connectivity index (χ4v) is 2.30. The first-order valence-corrected chi connectivity index (χ1v) is 6.62. The summed E-state index contributed by atoms with van der Waals surface area (Å²) in [5.74, 6) is -6.44. The topological polar surface area (TPSA) is 29.2 Å². The summed E-state index contributed by atoms with van der Waals surface area (Å²) in [4.78, 5) is 4.57. The van der Waals surface area contributed by atoms with Crippen LogP contribution in [-0.4, -0.2) is 31.3 Å². The van der Waals surface area contributed by atoms with Crippen LogP contribution in [-0.2, 0) is 4.74 Å². The highest BCUT2D eigenvalue weighted by atomic mass is 19.2. The minimum Gasteiger partial charge on any atom is -1.00 e. The first-order valence-electron chi connectivity index (χ1n) is 6.62. The lowest BCUT2D eigenvalue weighted by Gasteiger charge is -2.28. The number of aromatic nitrogens is 2. The molecule has 0 spiro atoms. The quantitative estimate of drug-likeness (QED) is 0.391. The summed E-state index contributed by atoms with van der Waals surface area (Å²) in [6.07, 6.45) is 2.68. The lowest BCUT2D eigenvalue weighted by atomic mass is 10.3. The van der Waals surface area contributed by atoms with E-state index < -0.39 is 29.2 Å². The van der Waals surface area contributed by atoms with Crippen molar-refractivity contribution >= 4 is 5.69 Å².